The number of carbonyl (C=O) groups is 3. The minimum Gasteiger partial charge on any atom is -0.480 e. The standard InChI is InChI=1S/C21H22N2O4/c24-19(16-9-10-22-12-16)13-5-7-14(8-6-13)20(25)23-17-4-2-1-3-15(17)11-18(23)21(26)27/h5-10,12,15,17-18,22H,1-4,11H2,(H,26,27)/t15-,17+,18-/m0/s1. The third-order valence-corrected chi connectivity index (χ3v) is 5.86. The molecule has 1 aliphatic carbocycles. The smallest absolute Gasteiger partial charge is 0.326 e. The molecule has 2 N–H and O–H groups in total. The molecule has 3 atom stereocenters. The number of aromatic nitrogens is 1. The van der Waals surface area contributed by atoms with Crippen LogP contribution >= 0.6 is 0 Å². The molecule has 0 radical (unpaired) electrons. The van der Waals surface area contributed by atoms with E-state index in [9.17, 15) is 19.5 Å². The van der Waals surface area contributed by atoms with E-state index < -0.39 is 12.0 Å². The van der Waals surface area contributed by atoms with Gasteiger partial charge in [0.2, 0.25) is 0 Å². The van der Waals surface area contributed by atoms with Crippen molar-refractivity contribution in [3.63, 3.8) is 0 Å². The molecule has 0 unspecified atom stereocenters. The largest absolute Gasteiger partial charge is 0.480 e. The Morgan fingerprint density at radius 3 is 2.33 bits per heavy atom. The Morgan fingerprint density at radius 1 is 0.963 bits per heavy atom. The van der Waals surface area contributed by atoms with Crippen LogP contribution in [0.2, 0.25) is 0 Å². The Morgan fingerprint density at radius 2 is 1.67 bits per heavy atom. The van der Waals surface area contributed by atoms with Crippen molar-refractivity contribution >= 4 is 17.7 Å². The maximum Gasteiger partial charge on any atom is 0.326 e. The van der Waals surface area contributed by atoms with Gasteiger partial charge in [0.15, 0.2) is 5.78 Å². The predicted octanol–water partition coefficient (Wildman–Crippen LogP) is 3.10. The summed E-state index contributed by atoms with van der Waals surface area (Å²) in [5, 5.41) is 9.61. The molecular formula is C21H22N2O4. The summed E-state index contributed by atoms with van der Waals surface area (Å²) >= 11 is 0. The summed E-state index contributed by atoms with van der Waals surface area (Å²) < 4.78 is 0. The quantitative estimate of drug-likeness (QED) is 0.814. The maximum atomic E-state index is 13.1. The lowest BCUT2D eigenvalue weighted by Gasteiger charge is -2.33. The molecule has 1 aliphatic heterocycles. The van der Waals surface area contributed by atoms with E-state index >= 15 is 0 Å². The third kappa shape index (κ3) is 3.16. The average Bonchev–Trinajstić information content (AvgIpc) is 3.35. The molecule has 1 amide bonds. The highest BCUT2D eigenvalue weighted by atomic mass is 16.4. The first-order valence-corrected chi connectivity index (χ1v) is 9.39. The number of carboxylic acid groups (broad SMARTS) is 1. The molecule has 1 aromatic heterocycles. The van der Waals surface area contributed by atoms with Crippen LogP contribution in [0.15, 0.2) is 42.7 Å². The second kappa shape index (κ2) is 7.02. The van der Waals surface area contributed by atoms with Gasteiger partial charge in [-0.3, -0.25) is 9.59 Å². The predicted molar refractivity (Wildman–Crippen MR) is 98.6 cm³/mol. The molecular weight excluding hydrogens is 344 g/mol. The summed E-state index contributed by atoms with van der Waals surface area (Å²) in [5.41, 5.74) is 1.49. The van der Waals surface area contributed by atoms with Crippen LogP contribution in [0.5, 0.6) is 0 Å². The van der Waals surface area contributed by atoms with Crippen LogP contribution in [0.4, 0.5) is 0 Å². The first-order chi connectivity index (χ1) is 13.1. The van der Waals surface area contributed by atoms with E-state index in [1.165, 1.54) is 0 Å². The number of hydrogen-bond donors (Lipinski definition) is 2. The lowest BCUT2D eigenvalue weighted by Crippen LogP contribution is -2.46. The van der Waals surface area contributed by atoms with Gasteiger partial charge < -0.3 is 15.0 Å². The molecule has 0 bridgehead atoms. The monoisotopic (exact) mass is 366 g/mol. The maximum absolute atomic E-state index is 13.1. The molecule has 2 fully saturated rings. The first kappa shape index (κ1) is 17.5. The van der Waals surface area contributed by atoms with Crippen LogP contribution in [0.25, 0.3) is 0 Å². The van der Waals surface area contributed by atoms with Crippen LogP contribution < -0.4 is 0 Å². The molecule has 1 saturated heterocycles. The second-order valence-electron chi connectivity index (χ2n) is 7.42. The zero-order valence-electron chi connectivity index (χ0n) is 14.9. The van der Waals surface area contributed by atoms with Gasteiger partial charge in [0.1, 0.15) is 6.04 Å². The lowest BCUT2D eigenvalue weighted by atomic mass is 9.84. The summed E-state index contributed by atoms with van der Waals surface area (Å²) in [4.78, 5) is 41.6. The number of H-pyrrole nitrogens is 1. The molecule has 140 valence electrons. The van der Waals surface area contributed by atoms with Crippen molar-refractivity contribution in [1.29, 1.82) is 0 Å². The van der Waals surface area contributed by atoms with E-state index in [1.54, 1.807) is 47.6 Å². The van der Waals surface area contributed by atoms with Crippen molar-refractivity contribution in [1.82, 2.24) is 9.88 Å². The van der Waals surface area contributed by atoms with Gasteiger partial charge in [-0.15, -0.1) is 0 Å². The minimum absolute atomic E-state index is 0.00788. The third-order valence-electron chi connectivity index (χ3n) is 5.86. The van der Waals surface area contributed by atoms with Crippen molar-refractivity contribution in [3.05, 3.63) is 59.4 Å². The van der Waals surface area contributed by atoms with Gasteiger partial charge in [-0.25, -0.2) is 4.79 Å². The van der Waals surface area contributed by atoms with E-state index in [0.717, 1.165) is 25.7 Å². The highest BCUT2D eigenvalue weighted by molar-refractivity contribution is 6.09. The number of fused-ring (bicyclic) bond motifs is 1. The Bertz CT molecular complexity index is 857. The van der Waals surface area contributed by atoms with Gasteiger partial charge in [0.25, 0.3) is 5.91 Å². The van der Waals surface area contributed by atoms with E-state index in [1.807, 2.05) is 0 Å². The van der Waals surface area contributed by atoms with Gasteiger partial charge in [0.05, 0.1) is 0 Å². The summed E-state index contributed by atoms with van der Waals surface area (Å²) in [5.74, 6) is -1.03. The fourth-order valence-electron chi connectivity index (χ4n) is 4.52. The highest BCUT2D eigenvalue weighted by Gasteiger charge is 2.47. The van der Waals surface area contributed by atoms with E-state index in [2.05, 4.69) is 4.98 Å². The van der Waals surface area contributed by atoms with Gasteiger partial charge in [0, 0.05) is 35.1 Å². The molecule has 2 aliphatic rings. The summed E-state index contributed by atoms with van der Waals surface area (Å²) in [6.45, 7) is 0. The average molecular weight is 366 g/mol. The molecule has 2 heterocycles. The fourth-order valence-corrected chi connectivity index (χ4v) is 4.52. The van der Waals surface area contributed by atoms with E-state index in [4.69, 9.17) is 0 Å². The first-order valence-electron chi connectivity index (χ1n) is 9.39. The Kier molecular flexibility index (Phi) is 4.56. The Balaban J connectivity index is 1.58. The number of aromatic amines is 1. The number of benzene rings is 1. The Labute approximate surface area is 157 Å². The molecule has 6 heteroatoms. The summed E-state index contributed by atoms with van der Waals surface area (Å²) in [6.07, 6.45) is 7.84. The number of nitrogens with zero attached hydrogens (tertiary/aromatic N) is 1. The number of carboxylic acids is 1. The molecule has 4 rings (SSSR count). The van der Waals surface area contributed by atoms with Crippen LogP contribution in [0.3, 0.4) is 0 Å². The van der Waals surface area contributed by atoms with Crippen LogP contribution in [0.1, 0.15) is 58.4 Å². The fraction of sp³-hybridized carbons (Fsp3) is 0.381. The minimum atomic E-state index is -0.933. The normalized spacial score (nSPS) is 24.4. The topological polar surface area (TPSA) is 90.5 Å². The highest BCUT2D eigenvalue weighted by Crippen LogP contribution is 2.40. The van der Waals surface area contributed by atoms with Crippen LogP contribution in [-0.4, -0.2) is 44.7 Å². The number of amides is 1. The molecule has 1 aromatic carbocycles. The number of likely N-dealkylation sites (tertiary alicyclic amines) is 1. The van der Waals surface area contributed by atoms with Crippen molar-refractivity contribution in [3.8, 4) is 0 Å². The van der Waals surface area contributed by atoms with E-state index in [0.29, 0.717) is 23.1 Å². The number of ketones is 1. The summed E-state index contributed by atoms with van der Waals surface area (Å²) in [6, 6.07) is 7.46. The Hall–Kier alpha value is -2.89. The lowest BCUT2D eigenvalue weighted by molar-refractivity contribution is -0.141. The van der Waals surface area contributed by atoms with Crippen molar-refractivity contribution in [2.75, 3.05) is 0 Å². The number of hydrogen-bond acceptors (Lipinski definition) is 3. The zero-order chi connectivity index (χ0) is 19.0. The molecule has 1 saturated carbocycles. The van der Waals surface area contributed by atoms with E-state index in [-0.39, 0.29) is 23.7 Å². The second-order valence-corrected chi connectivity index (χ2v) is 7.42. The number of nitrogens with one attached hydrogen (secondary N) is 1. The van der Waals surface area contributed by atoms with Crippen molar-refractivity contribution in [2.45, 2.75) is 44.2 Å². The number of rotatable bonds is 4. The van der Waals surface area contributed by atoms with Crippen LogP contribution in [-0.2, 0) is 4.79 Å². The SMILES string of the molecule is O=C(c1ccc(C(=O)N2[C@@H]3CCCC[C@H]3C[C@H]2C(=O)O)cc1)c1cc[nH]c1. The van der Waals surface area contributed by atoms with Gasteiger partial charge >= 0.3 is 5.97 Å². The molecule has 27 heavy (non-hydrogen) atoms. The van der Waals surface area contributed by atoms with Crippen molar-refractivity contribution in [2.24, 2.45) is 5.92 Å². The summed E-state index contributed by atoms with van der Waals surface area (Å²) in [7, 11) is 0. The van der Waals surface area contributed by atoms with Gasteiger partial charge in [-0.1, -0.05) is 25.0 Å². The van der Waals surface area contributed by atoms with Crippen LogP contribution in [0, 0.1) is 5.92 Å². The number of carbonyl (C=O) groups excluding carboxylic acids is 2. The van der Waals surface area contributed by atoms with Gasteiger partial charge in [-0.05, 0) is 43.4 Å². The molecule has 6 nitrogen and oxygen atoms in total. The van der Waals surface area contributed by atoms with Crippen molar-refractivity contribution < 1.29 is 19.5 Å². The molecule has 0 spiro atoms. The number of aliphatic carboxylic acids is 1. The van der Waals surface area contributed by atoms with Gasteiger partial charge in [-0.2, -0.15) is 0 Å². The molecule has 2 aromatic rings. The zero-order valence-corrected chi connectivity index (χ0v) is 14.9.